The second-order valence-corrected chi connectivity index (χ2v) is 4.62. The van der Waals surface area contributed by atoms with Gasteiger partial charge < -0.3 is 5.32 Å². The van der Waals surface area contributed by atoms with Gasteiger partial charge in [-0.2, -0.15) is 0 Å². The maximum Gasteiger partial charge on any atom is 0.271 e. The van der Waals surface area contributed by atoms with Gasteiger partial charge in [0.2, 0.25) is 5.91 Å². The van der Waals surface area contributed by atoms with Gasteiger partial charge in [0, 0.05) is 30.9 Å². The summed E-state index contributed by atoms with van der Waals surface area (Å²) in [5, 5.41) is 2.63. The van der Waals surface area contributed by atoms with Gasteiger partial charge in [-0.1, -0.05) is 18.2 Å². The van der Waals surface area contributed by atoms with E-state index in [-0.39, 0.29) is 18.9 Å². The molecule has 2 aromatic rings. The van der Waals surface area contributed by atoms with Crippen LogP contribution in [0.1, 0.15) is 27.1 Å². The summed E-state index contributed by atoms with van der Waals surface area (Å²) in [4.78, 5) is 38.9. The van der Waals surface area contributed by atoms with Crippen molar-refractivity contribution in [1.29, 1.82) is 0 Å². The molecule has 1 aromatic heterocycles. The number of amides is 3. The van der Waals surface area contributed by atoms with Gasteiger partial charge >= 0.3 is 0 Å². The number of nitrogens with zero attached hydrogens (tertiary/aromatic N) is 1. The Morgan fingerprint density at radius 3 is 2.30 bits per heavy atom. The lowest BCUT2D eigenvalue weighted by atomic mass is 10.2. The fourth-order valence-electron chi connectivity index (χ4n) is 1.74. The van der Waals surface area contributed by atoms with Gasteiger partial charge in [0.1, 0.15) is 0 Å². The standard InChI is InChI=1S/C16H16N4O3/c21-14(19-20-16(23)13-7-4-9-17-11-13)8-10-18-15(22)12-5-2-1-3-6-12/h1-7,9,11H,8,10H2,(H,18,22)(H,19,21)(H,20,23). The summed E-state index contributed by atoms with van der Waals surface area (Å²) in [6, 6.07) is 11.9. The molecule has 118 valence electrons. The zero-order valence-corrected chi connectivity index (χ0v) is 12.3. The minimum atomic E-state index is -0.459. The highest BCUT2D eigenvalue weighted by Gasteiger charge is 2.08. The molecular formula is C16H16N4O3. The van der Waals surface area contributed by atoms with Gasteiger partial charge in [0.05, 0.1) is 5.56 Å². The second-order valence-electron chi connectivity index (χ2n) is 4.62. The van der Waals surface area contributed by atoms with Gasteiger partial charge in [-0.05, 0) is 24.3 Å². The zero-order valence-electron chi connectivity index (χ0n) is 12.3. The average Bonchev–Trinajstić information content (AvgIpc) is 2.61. The van der Waals surface area contributed by atoms with Crippen LogP contribution in [0.2, 0.25) is 0 Å². The Hall–Kier alpha value is -3.22. The van der Waals surface area contributed by atoms with E-state index in [1.807, 2.05) is 6.07 Å². The summed E-state index contributed by atoms with van der Waals surface area (Å²) < 4.78 is 0. The van der Waals surface area contributed by atoms with Crippen molar-refractivity contribution in [3.63, 3.8) is 0 Å². The molecule has 3 N–H and O–H groups in total. The molecule has 2 rings (SSSR count). The molecule has 0 aliphatic heterocycles. The largest absolute Gasteiger partial charge is 0.352 e. The molecule has 0 radical (unpaired) electrons. The lowest BCUT2D eigenvalue weighted by Gasteiger charge is -2.08. The molecule has 0 unspecified atom stereocenters. The third-order valence-corrected chi connectivity index (χ3v) is 2.91. The lowest BCUT2D eigenvalue weighted by Crippen LogP contribution is -2.42. The van der Waals surface area contributed by atoms with E-state index in [2.05, 4.69) is 21.2 Å². The summed E-state index contributed by atoms with van der Waals surface area (Å²) in [5.74, 6) is -1.12. The van der Waals surface area contributed by atoms with Crippen molar-refractivity contribution >= 4 is 17.7 Å². The first kappa shape index (κ1) is 16.2. The van der Waals surface area contributed by atoms with Crippen LogP contribution < -0.4 is 16.2 Å². The number of carbonyl (C=O) groups is 3. The molecule has 1 aromatic carbocycles. The molecule has 0 saturated carbocycles. The number of benzene rings is 1. The Balaban J connectivity index is 1.67. The first-order valence-electron chi connectivity index (χ1n) is 6.99. The molecule has 0 spiro atoms. The van der Waals surface area contributed by atoms with Crippen molar-refractivity contribution in [1.82, 2.24) is 21.2 Å². The van der Waals surface area contributed by atoms with Gasteiger partial charge in [-0.25, -0.2) is 0 Å². The molecule has 7 nitrogen and oxygen atoms in total. The van der Waals surface area contributed by atoms with E-state index in [9.17, 15) is 14.4 Å². The van der Waals surface area contributed by atoms with E-state index in [0.29, 0.717) is 11.1 Å². The number of carbonyl (C=O) groups excluding carboxylic acids is 3. The van der Waals surface area contributed by atoms with Crippen LogP contribution in [0.15, 0.2) is 54.9 Å². The smallest absolute Gasteiger partial charge is 0.271 e. The average molecular weight is 312 g/mol. The number of rotatable bonds is 5. The monoisotopic (exact) mass is 312 g/mol. The van der Waals surface area contributed by atoms with Crippen molar-refractivity contribution < 1.29 is 14.4 Å². The normalized spacial score (nSPS) is 9.74. The Bertz CT molecular complexity index is 674. The first-order chi connectivity index (χ1) is 11.2. The molecule has 1 heterocycles. The molecule has 0 bridgehead atoms. The van der Waals surface area contributed by atoms with Crippen LogP contribution in [-0.2, 0) is 4.79 Å². The number of aromatic nitrogens is 1. The maximum absolute atomic E-state index is 11.8. The van der Waals surface area contributed by atoms with Crippen molar-refractivity contribution in [2.24, 2.45) is 0 Å². The third-order valence-electron chi connectivity index (χ3n) is 2.91. The van der Waals surface area contributed by atoms with E-state index in [4.69, 9.17) is 0 Å². The molecular weight excluding hydrogens is 296 g/mol. The fourth-order valence-corrected chi connectivity index (χ4v) is 1.74. The van der Waals surface area contributed by atoms with Crippen LogP contribution in [0.25, 0.3) is 0 Å². The van der Waals surface area contributed by atoms with Crippen LogP contribution in [0.3, 0.4) is 0 Å². The lowest BCUT2D eigenvalue weighted by molar-refractivity contribution is -0.121. The maximum atomic E-state index is 11.8. The SMILES string of the molecule is O=C(CCNC(=O)c1ccccc1)NNC(=O)c1cccnc1. The molecule has 0 saturated heterocycles. The zero-order chi connectivity index (χ0) is 16.5. The Labute approximate surface area is 133 Å². The fraction of sp³-hybridized carbons (Fsp3) is 0.125. The van der Waals surface area contributed by atoms with Crippen molar-refractivity contribution in [2.45, 2.75) is 6.42 Å². The Morgan fingerprint density at radius 1 is 0.870 bits per heavy atom. The van der Waals surface area contributed by atoms with Crippen LogP contribution in [-0.4, -0.2) is 29.3 Å². The first-order valence-corrected chi connectivity index (χ1v) is 6.99. The summed E-state index contributed by atoms with van der Waals surface area (Å²) >= 11 is 0. The van der Waals surface area contributed by atoms with E-state index in [0.717, 1.165) is 0 Å². The molecule has 7 heteroatoms. The van der Waals surface area contributed by atoms with Crippen molar-refractivity contribution in [3.05, 3.63) is 66.0 Å². The van der Waals surface area contributed by atoms with E-state index < -0.39 is 11.8 Å². The Morgan fingerprint density at radius 2 is 1.61 bits per heavy atom. The summed E-state index contributed by atoms with van der Waals surface area (Å²) in [6.07, 6.45) is 2.98. The number of hydrogen-bond donors (Lipinski definition) is 3. The molecule has 23 heavy (non-hydrogen) atoms. The predicted molar refractivity (Wildman–Crippen MR) is 83.2 cm³/mol. The van der Waals surface area contributed by atoms with E-state index in [1.54, 1.807) is 42.6 Å². The van der Waals surface area contributed by atoms with Crippen molar-refractivity contribution in [3.8, 4) is 0 Å². The Kier molecular flexibility index (Phi) is 5.81. The number of hydrazine groups is 1. The van der Waals surface area contributed by atoms with Gasteiger partial charge in [-0.15, -0.1) is 0 Å². The molecule has 0 aliphatic rings. The number of pyridine rings is 1. The van der Waals surface area contributed by atoms with E-state index in [1.165, 1.54) is 6.20 Å². The third kappa shape index (κ3) is 5.24. The van der Waals surface area contributed by atoms with Crippen LogP contribution >= 0.6 is 0 Å². The van der Waals surface area contributed by atoms with Crippen LogP contribution in [0.4, 0.5) is 0 Å². The number of nitrogens with one attached hydrogen (secondary N) is 3. The van der Waals surface area contributed by atoms with E-state index >= 15 is 0 Å². The van der Waals surface area contributed by atoms with Gasteiger partial charge in [0.15, 0.2) is 0 Å². The molecule has 3 amide bonds. The minimum absolute atomic E-state index is 0.0475. The van der Waals surface area contributed by atoms with Crippen LogP contribution in [0, 0.1) is 0 Å². The van der Waals surface area contributed by atoms with Gasteiger partial charge in [-0.3, -0.25) is 30.2 Å². The minimum Gasteiger partial charge on any atom is -0.352 e. The molecule has 0 fully saturated rings. The summed E-state index contributed by atoms with van der Waals surface area (Å²) in [6.45, 7) is 0.169. The molecule has 0 atom stereocenters. The molecule has 0 aliphatic carbocycles. The van der Waals surface area contributed by atoms with Crippen LogP contribution in [0.5, 0.6) is 0 Å². The second kappa shape index (κ2) is 8.28. The summed E-state index contributed by atoms with van der Waals surface area (Å²) in [7, 11) is 0. The summed E-state index contributed by atoms with van der Waals surface area (Å²) in [5.41, 5.74) is 5.42. The highest BCUT2D eigenvalue weighted by atomic mass is 16.2. The quantitative estimate of drug-likeness (QED) is 0.706. The topological polar surface area (TPSA) is 100 Å². The number of hydrogen-bond acceptors (Lipinski definition) is 4. The highest BCUT2D eigenvalue weighted by molar-refractivity contribution is 5.95. The highest BCUT2D eigenvalue weighted by Crippen LogP contribution is 1.97. The van der Waals surface area contributed by atoms with Crippen molar-refractivity contribution in [2.75, 3.05) is 6.54 Å². The predicted octanol–water partition coefficient (Wildman–Crippen LogP) is 0.663. The van der Waals surface area contributed by atoms with Gasteiger partial charge in [0.25, 0.3) is 11.8 Å².